The zero-order chi connectivity index (χ0) is 22.0. The van der Waals surface area contributed by atoms with Gasteiger partial charge in [0.15, 0.2) is 5.76 Å². The van der Waals surface area contributed by atoms with Crippen LogP contribution in [0.3, 0.4) is 0 Å². The van der Waals surface area contributed by atoms with Crippen molar-refractivity contribution in [1.29, 1.82) is 0 Å². The van der Waals surface area contributed by atoms with Crippen LogP contribution in [-0.2, 0) is 6.61 Å². The van der Waals surface area contributed by atoms with E-state index in [1.807, 2.05) is 31.2 Å². The molecule has 154 valence electrons. The van der Waals surface area contributed by atoms with E-state index in [1.165, 1.54) is 18.2 Å². The lowest BCUT2D eigenvalue weighted by Crippen LogP contribution is -1.98. The molecular weight excluding hydrogens is 394 g/mol. The topological polar surface area (TPSA) is 78.7 Å². The lowest BCUT2D eigenvalue weighted by atomic mass is 10.1. The molecule has 0 saturated carbocycles. The third-order valence-corrected chi connectivity index (χ3v) is 5.03. The number of fused-ring (bicyclic) bond motifs is 1. The Balaban J connectivity index is 1.55. The van der Waals surface area contributed by atoms with E-state index in [1.54, 1.807) is 30.3 Å². The van der Waals surface area contributed by atoms with E-state index in [2.05, 4.69) is 6.58 Å². The largest absolute Gasteiger partial charge is 0.488 e. The summed E-state index contributed by atoms with van der Waals surface area (Å²) in [6.45, 7) is 5.95. The molecule has 1 aliphatic heterocycles. The number of nitro groups is 1. The molecule has 0 unspecified atom stereocenters. The van der Waals surface area contributed by atoms with E-state index in [0.29, 0.717) is 29.2 Å². The van der Waals surface area contributed by atoms with Crippen LogP contribution in [0.2, 0.25) is 0 Å². The lowest BCUT2D eigenvalue weighted by Gasteiger charge is -2.11. The summed E-state index contributed by atoms with van der Waals surface area (Å²) in [5.74, 6) is 0.920. The van der Waals surface area contributed by atoms with Gasteiger partial charge in [-0.1, -0.05) is 49.1 Å². The van der Waals surface area contributed by atoms with Gasteiger partial charge in [-0.05, 0) is 41.8 Å². The third kappa shape index (κ3) is 4.09. The molecular formula is C25H19NO5. The Morgan fingerprint density at radius 3 is 2.58 bits per heavy atom. The van der Waals surface area contributed by atoms with Crippen molar-refractivity contribution in [2.24, 2.45) is 0 Å². The summed E-state index contributed by atoms with van der Waals surface area (Å²) in [4.78, 5) is 23.2. The summed E-state index contributed by atoms with van der Waals surface area (Å²) in [5.41, 5.74) is 3.67. The predicted octanol–water partition coefficient (Wildman–Crippen LogP) is 5.74. The Morgan fingerprint density at radius 2 is 1.87 bits per heavy atom. The minimum atomic E-state index is -0.479. The van der Waals surface area contributed by atoms with E-state index < -0.39 is 4.92 Å². The first-order chi connectivity index (χ1) is 15.0. The van der Waals surface area contributed by atoms with Crippen LogP contribution in [0.5, 0.6) is 11.5 Å². The van der Waals surface area contributed by atoms with Crippen LogP contribution in [0.15, 0.2) is 73.0 Å². The zero-order valence-corrected chi connectivity index (χ0v) is 16.8. The van der Waals surface area contributed by atoms with Crippen molar-refractivity contribution in [1.82, 2.24) is 0 Å². The fraction of sp³-hybridized carbons (Fsp3) is 0.0800. The number of benzene rings is 3. The van der Waals surface area contributed by atoms with Crippen LogP contribution in [0.1, 0.15) is 32.6 Å². The summed E-state index contributed by atoms with van der Waals surface area (Å²) in [7, 11) is 0. The number of hydrogen-bond donors (Lipinski definition) is 0. The molecule has 0 spiro atoms. The van der Waals surface area contributed by atoms with Crippen molar-refractivity contribution >= 4 is 23.6 Å². The first kappa shape index (κ1) is 20.1. The van der Waals surface area contributed by atoms with Crippen molar-refractivity contribution in [3.05, 3.63) is 111 Å². The van der Waals surface area contributed by atoms with E-state index in [4.69, 9.17) is 9.47 Å². The second-order valence-electron chi connectivity index (χ2n) is 7.09. The molecule has 1 aliphatic rings. The van der Waals surface area contributed by atoms with Crippen molar-refractivity contribution in [3.8, 4) is 11.5 Å². The number of ether oxygens (including phenoxy) is 2. The van der Waals surface area contributed by atoms with E-state index in [0.717, 1.165) is 16.7 Å². The van der Waals surface area contributed by atoms with Gasteiger partial charge in [0.1, 0.15) is 18.1 Å². The number of rotatable bonds is 6. The Labute approximate surface area is 179 Å². The summed E-state index contributed by atoms with van der Waals surface area (Å²) >= 11 is 0. The van der Waals surface area contributed by atoms with Gasteiger partial charge in [0.2, 0.25) is 5.78 Å². The van der Waals surface area contributed by atoms with Gasteiger partial charge in [-0.3, -0.25) is 14.9 Å². The van der Waals surface area contributed by atoms with Crippen LogP contribution in [0.25, 0.3) is 12.2 Å². The Morgan fingerprint density at radius 1 is 1.10 bits per heavy atom. The van der Waals surface area contributed by atoms with Crippen molar-refractivity contribution in [3.63, 3.8) is 0 Å². The molecule has 0 aliphatic carbocycles. The molecule has 0 fully saturated rings. The standard InChI is InChI=1S/C25H19NO5/c1-3-17-7-9-18(10-8-17)15-30-22-12-11-21-24(27)23(31-25(21)16(22)2)14-19-5-4-6-20(13-19)26(28)29/h3-14H,1,15H2,2H3/b23-14-. The molecule has 0 bridgehead atoms. The maximum absolute atomic E-state index is 12.7. The van der Waals surface area contributed by atoms with Gasteiger partial charge in [-0.15, -0.1) is 0 Å². The number of Topliss-reactive ketones (excluding diaryl/α,β-unsaturated/α-hetero) is 1. The zero-order valence-electron chi connectivity index (χ0n) is 16.8. The Bertz CT molecular complexity index is 1230. The quantitative estimate of drug-likeness (QED) is 0.292. The van der Waals surface area contributed by atoms with Gasteiger partial charge < -0.3 is 9.47 Å². The van der Waals surface area contributed by atoms with Crippen LogP contribution in [-0.4, -0.2) is 10.7 Å². The van der Waals surface area contributed by atoms with Gasteiger partial charge in [0.25, 0.3) is 5.69 Å². The number of nitro benzene ring substituents is 1. The smallest absolute Gasteiger partial charge is 0.270 e. The number of non-ortho nitro benzene ring substituents is 1. The Kier molecular flexibility index (Phi) is 5.37. The predicted molar refractivity (Wildman–Crippen MR) is 118 cm³/mol. The average molecular weight is 413 g/mol. The van der Waals surface area contributed by atoms with Gasteiger partial charge in [0.05, 0.1) is 10.5 Å². The van der Waals surface area contributed by atoms with Crippen LogP contribution >= 0.6 is 0 Å². The van der Waals surface area contributed by atoms with Crippen molar-refractivity contribution in [2.75, 3.05) is 0 Å². The van der Waals surface area contributed by atoms with Crippen LogP contribution in [0.4, 0.5) is 5.69 Å². The molecule has 3 aromatic carbocycles. The van der Waals surface area contributed by atoms with Gasteiger partial charge >= 0.3 is 0 Å². The fourth-order valence-electron chi connectivity index (χ4n) is 3.31. The van der Waals surface area contributed by atoms with Crippen LogP contribution < -0.4 is 9.47 Å². The number of allylic oxidation sites excluding steroid dienone is 1. The summed E-state index contributed by atoms with van der Waals surface area (Å²) < 4.78 is 11.8. The molecule has 6 heteroatoms. The maximum Gasteiger partial charge on any atom is 0.270 e. The molecule has 0 radical (unpaired) electrons. The van der Waals surface area contributed by atoms with Gasteiger partial charge in [-0.25, -0.2) is 0 Å². The second kappa shape index (κ2) is 8.28. The normalized spacial score (nSPS) is 13.6. The molecule has 0 amide bonds. The van der Waals surface area contributed by atoms with E-state index in [-0.39, 0.29) is 17.2 Å². The molecule has 0 aromatic heterocycles. The maximum atomic E-state index is 12.7. The van der Waals surface area contributed by atoms with Gasteiger partial charge in [0, 0.05) is 17.7 Å². The molecule has 0 N–H and O–H groups in total. The molecule has 6 nitrogen and oxygen atoms in total. The van der Waals surface area contributed by atoms with E-state index in [9.17, 15) is 14.9 Å². The second-order valence-corrected chi connectivity index (χ2v) is 7.09. The van der Waals surface area contributed by atoms with E-state index >= 15 is 0 Å². The van der Waals surface area contributed by atoms with Crippen molar-refractivity contribution in [2.45, 2.75) is 13.5 Å². The minimum absolute atomic E-state index is 0.0506. The van der Waals surface area contributed by atoms with Gasteiger partial charge in [-0.2, -0.15) is 0 Å². The molecule has 31 heavy (non-hydrogen) atoms. The average Bonchev–Trinajstić information content (AvgIpc) is 3.10. The summed E-state index contributed by atoms with van der Waals surface area (Å²) in [6.07, 6.45) is 3.29. The number of carbonyl (C=O) groups is 1. The minimum Gasteiger partial charge on any atom is -0.488 e. The summed E-state index contributed by atoms with van der Waals surface area (Å²) in [5, 5.41) is 11.0. The SMILES string of the molecule is C=Cc1ccc(COc2ccc3c(c2C)O/C(=C\c2cccc([N+](=O)[O-])c2)C3=O)cc1. The molecule has 0 atom stereocenters. The molecule has 4 rings (SSSR count). The molecule has 1 heterocycles. The lowest BCUT2D eigenvalue weighted by molar-refractivity contribution is -0.384. The monoisotopic (exact) mass is 413 g/mol. The number of ketones is 1. The van der Waals surface area contributed by atoms with Crippen molar-refractivity contribution < 1.29 is 19.2 Å². The molecule has 0 saturated heterocycles. The number of hydrogen-bond acceptors (Lipinski definition) is 5. The highest BCUT2D eigenvalue weighted by atomic mass is 16.6. The third-order valence-electron chi connectivity index (χ3n) is 5.03. The number of nitrogens with zero attached hydrogens (tertiary/aromatic N) is 1. The van der Waals surface area contributed by atoms with Crippen LogP contribution in [0, 0.1) is 17.0 Å². The molecule has 3 aromatic rings. The summed E-state index contributed by atoms with van der Waals surface area (Å²) in [6, 6.07) is 17.3. The first-order valence-electron chi connectivity index (χ1n) is 9.63. The fourth-order valence-corrected chi connectivity index (χ4v) is 3.31. The Hall–Kier alpha value is -4.19. The number of carbonyl (C=O) groups excluding carboxylic acids is 1. The highest BCUT2D eigenvalue weighted by Gasteiger charge is 2.30. The highest BCUT2D eigenvalue weighted by molar-refractivity contribution is 6.15. The highest BCUT2D eigenvalue weighted by Crippen LogP contribution is 2.39. The first-order valence-corrected chi connectivity index (χ1v) is 9.63.